The molecule has 0 aliphatic heterocycles. The molecule has 0 amide bonds. The molecule has 0 bridgehead atoms. The van der Waals surface area contributed by atoms with Gasteiger partial charge in [0.15, 0.2) is 17.3 Å². The smallest absolute Gasteiger partial charge is 0.190 e. The molecule has 0 saturated heterocycles. The quantitative estimate of drug-likeness (QED) is 0.156. The Morgan fingerprint density at radius 3 is 2.05 bits per heavy atom. The second kappa shape index (κ2) is 14.6. The molecule has 4 aliphatic rings. The SMILES string of the molecule is CCCCCCCCCCCCCCCC(=O)C1=CC(=O)C=C2CC[C@@H]3[C@H]([C@@H](O)C[C@@]4(C)[C@H]3CC[C@]4(O)C(=O)CO)[C@]21C. The number of carbonyl (C=O) groups excluding carboxylic acids is 3. The molecule has 0 aromatic carbocycles. The molecule has 3 fully saturated rings. The highest BCUT2D eigenvalue weighted by atomic mass is 16.3. The first-order chi connectivity index (χ1) is 20.5. The molecule has 0 aromatic heterocycles. The van der Waals surface area contributed by atoms with Gasteiger partial charge in [-0.2, -0.15) is 0 Å². The van der Waals surface area contributed by atoms with Gasteiger partial charge in [0.25, 0.3) is 0 Å². The lowest BCUT2D eigenvalue weighted by Crippen LogP contribution is -2.62. The average Bonchev–Trinajstić information content (AvgIpc) is 3.25. The third-order valence-corrected chi connectivity index (χ3v) is 12.3. The average molecular weight is 599 g/mol. The van der Waals surface area contributed by atoms with Gasteiger partial charge in [0.05, 0.1) is 6.10 Å². The summed E-state index contributed by atoms with van der Waals surface area (Å²) in [6.07, 6.45) is 21.5. The molecule has 0 spiro atoms. The Hall–Kier alpha value is -1.63. The van der Waals surface area contributed by atoms with Crippen LogP contribution < -0.4 is 0 Å². The van der Waals surface area contributed by atoms with Gasteiger partial charge in [0.1, 0.15) is 12.2 Å². The largest absolute Gasteiger partial charge is 0.393 e. The number of fused-ring (bicyclic) bond motifs is 5. The van der Waals surface area contributed by atoms with Crippen molar-refractivity contribution in [2.45, 2.75) is 154 Å². The second-order valence-electron chi connectivity index (χ2n) is 14.8. The van der Waals surface area contributed by atoms with E-state index in [4.69, 9.17) is 0 Å². The van der Waals surface area contributed by atoms with E-state index in [0.717, 1.165) is 31.3 Å². The van der Waals surface area contributed by atoms with Crippen LogP contribution >= 0.6 is 0 Å². The van der Waals surface area contributed by atoms with Crippen LogP contribution in [-0.4, -0.2) is 51.0 Å². The summed E-state index contributed by atoms with van der Waals surface area (Å²) in [5.41, 5.74) is -1.73. The summed E-state index contributed by atoms with van der Waals surface area (Å²) in [7, 11) is 0. The number of hydrogen-bond acceptors (Lipinski definition) is 6. The van der Waals surface area contributed by atoms with E-state index in [9.17, 15) is 29.7 Å². The van der Waals surface area contributed by atoms with E-state index < -0.39 is 34.9 Å². The minimum Gasteiger partial charge on any atom is -0.393 e. The highest BCUT2D eigenvalue weighted by Gasteiger charge is 2.68. The van der Waals surface area contributed by atoms with E-state index in [1.165, 1.54) is 70.3 Å². The number of aliphatic hydroxyl groups is 3. The van der Waals surface area contributed by atoms with Crippen molar-refractivity contribution in [2.24, 2.45) is 28.6 Å². The summed E-state index contributed by atoms with van der Waals surface area (Å²) in [5.74, 6) is -0.940. The van der Waals surface area contributed by atoms with Gasteiger partial charge in [0, 0.05) is 28.7 Å². The van der Waals surface area contributed by atoms with Gasteiger partial charge >= 0.3 is 0 Å². The lowest BCUT2D eigenvalue weighted by molar-refractivity contribution is -0.179. The van der Waals surface area contributed by atoms with Crippen molar-refractivity contribution in [3.63, 3.8) is 0 Å². The van der Waals surface area contributed by atoms with Crippen LogP contribution in [0.1, 0.15) is 143 Å². The molecule has 7 atom stereocenters. The first-order valence-electron chi connectivity index (χ1n) is 17.6. The molecule has 0 aromatic rings. The second-order valence-corrected chi connectivity index (χ2v) is 14.8. The fraction of sp³-hybridized carbons (Fsp3) is 0.811. The van der Waals surface area contributed by atoms with Crippen LogP contribution in [0.2, 0.25) is 0 Å². The number of carbonyl (C=O) groups is 3. The van der Waals surface area contributed by atoms with Crippen LogP contribution in [0.5, 0.6) is 0 Å². The first kappa shape index (κ1) is 34.2. The van der Waals surface area contributed by atoms with E-state index in [2.05, 4.69) is 6.92 Å². The summed E-state index contributed by atoms with van der Waals surface area (Å²) in [6.45, 7) is 5.48. The summed E-state index contributed by atoms with van der Waals surface area (Å²) in [5, 5.41) is 32.9. The Labute approximate surface area is 259 Å². The van der Waals surface area contributed by atoms with Crippen molar-refractivity contribution in [3.8, 4) is 0 Å². The van der Waals surface area contributed by atoms with Crippen LogP contribution in [0.15, 0.2) is 23.3 Å². The Morgan fingerprint density at radius 1 is 0.884 bits per heavy atom. The lowest BCUT2D eigenvalue weighted by Gasteiger charge is -2.60. The van der Waals surface area contributed by atoms with Crippen molar-refractivity contribution < 1.29 is 29.7 Å². The number of Topliss-reactive ketones (excluding diaryl/α,β-unsaturated/α-hetero) is 2. The van der Waals surface area contributed by atoms with Crippen molar-refractivity contribution in [1.29, 1.82) is 0 Å². The standard InChI is InChI=1S/C37H58O6/c1-4-5-6-7-8-9-10-11-12-13-14-15-16-17-31(40)30-23-27(39)22-26-18-19-28-29-20-21-37(43,33(42)25-38)35(29,2)24-32(41)34(28)36(26,30)3/h22-23,28-29,32,34,38,41,43H,4-21,24-25H2,1-3H3/t28-,29-,32-,34+,35-,36+,37-/m0/s1. The maximum atomic E-state index is 13.8. The van der Waals surface area contributed by atoms with Gasteiger partial charge in [0.2, 0.25) is 0 Å². The van der Waals surface area contributed by atoms with Crippen molar-refractivity contribution in [2.75, 3.05) is 6.61 Å². The Bertz CT molecular complexity index is 1070. The number of allylic oxidation sites excluding steroid dienone is 4. The maximum absolute atomic E-state index is 13.8. The third-order valence-electron chi connectivity index (χ3n) is 12.3. The Kier molecular flexibility index (Phi) is 11.7. The van der Waals surface area contributed by atoms with Crippen molar-refractivity contribution in [1.82, 2.24) is 0 Å². The predicted molar refractivity (Wildman–Crippen MR) is 169 cm³/mol. The fourth-order valence-electron chi connectivity index (χ4n) is 9.85. The number of aliphatic hydroxyl groups excluding tert-OH is 2. The third kappa shape index (κ3) is 6.67. The van der Waals surface area contributed by atoms with Gasteiger partial charge in [-0.1, -0.05) is 103 Å². The summed E-state index contributed by atoms with van der Waals surface area (Å²) < 4.78 is 0. The van der Waals surface area contributed by atoms with E-state index in [1.54, 1.807) is 6.08 Å². The van der Waals surface area contributed by atoms with Crippen molar-refractivity contribution in [3.05, 3.63) is 23.3 Å². The van der Waals surface area contributed by atoms with Crippen LogP contribution in [0.4, 0.5) is 0 Å². The lowest BCUT2D eigenvalue weighted by atomic mass is 9.44. The number of rotatable bonds is 17. The van der Waals surface area contributed by atoms with Gasteiger partial charge in [-0.15, -0.1) is 0 Å². The van der Waals surface area contributed by atoms with E-state index in [1.807, 2.05) is 13.8 Å². The minimum absolute atomic E-state index is 0.00480. The van der Waals surface area contributed by atoms with E-state index in [-0.39, 0.29) is 42.2 Å². The zero-order chi connectivity index (χ0) is 31.3. The van der Waals surface area contributed by atoms with Gasteiger partial charge in [-0.25, -0.2) is 0 Å². The molecule has 43 heavy (non-hydrogen) atoms. The fourth-order valence-corrected chi connectivity index (χ4v) is 9.85. The summed E-state index contributed by atoms with van der Waals surface area (Å²) in [6, 6.07) is 0. The van der Waals surface area contributed by atoms with Gasteiger partial charge < -0.3 is 15.3 Å². The minimum atomic E-state index is -1.65. The topological polar surface area (TPSA) is 112 Å². The monoisotopic (exact) mass is 598 g/mol. The summed E-state index contributed by atoms with van der Waals surface area (Å²) in [4.78, 5) is 39.3. The highest BCUT2D eigenvalue weighted by Crippen LogP contribution is 2.68. The molecule has 4 rings (SSSR count). The van der Waals surface area contributed by atoms with Gasteiger partial charge in [-0.05, 0) is 62.5 Å². The van der Waals surface area contributed by atoms with E-state index >= 15 is 0 Å². The first-order valence-corrected chi connectivity index (χ1v) is 17.6. The van der Waals surface area contributed by atoms with Crippen LogP contribution in [0, 0.1) is 28.6 Å². The van der Waals surface area contributed by atoms with Crippen LogP contribution in [0.3, 0.4) is 0 Å². The van der Waals surface area contributed by atoms with E-state index in [0.29, 0.717) is 24.8 Å². The number of ketones is 3. The zero-order valence-electron chi connectivity index (χ0n) is 27.2. The predicted octanol–water partition coefficient (Wildman–Crippen LogP) is 6.98. The molecular weight excluding hydrogens is 540 g/mol. The van der Waals surface area contributed by atoms with Crippen molar-refractivity contribution >= 4 is 17.3 Å². The molecule has 6 nitrogen and oxygen atoms in total. The molecule has 4 aliphatic carbocycles. The molecule has 6 heteroatoms. The summed E-state index contributed by atoms with van der Waals surface area (Å²) >= 11 is 0. The molecule has 3 saturated carbocycles. The van der Waals surface area contributed by atoms with Crippen LogP contribution in [-0.2, 0) is 14.4 Å². The normalized spacial score (nSPS) is 35.1. The highest BCUT2D eigenvalue weighted by molar-refractivity contribution is 6.10. The van der Waals surface area contributed by atoms with Gasteiger partial charge in [-0.3, -0.25) is 14.4 Å². The number of hydrogen-bond donors (Lipinski definition) is 3. The molecule has 3 N–H and O–H groups in total. The maximum Gasteiger partial charge on any atom is 0.190 e. The zero-order valence-corrected chi connectivity index (χ0v) is 27.2. The molecule has 0 unspecified atom stereocenters. The number of unbranched alkanes of at least 4 members (excludes halogenated alkanes) is 12. The molecular formula is C37H58O6. The van der Waals surface area contributed by atoms with Crippen LogP contribution in [0.25, 0.3) is 0 Å². The Balaban J connectivity index is 1.34. The molecule has 242 valence electrons. The molecule has 0 heterocycles. The molecule has 0 radical (unpaired) electrons. The Morgan fingerprint density at radius 2 is 1.47 bits per heavy atom.